The van der Waals surface area contributed by atoms with Crippen molar-refractivity contribution in [1.82, 2.24) is 4.31 Å². The number of rotatable bonds is 3. The number of benzene rings is 1. The van der Waals surface area contributed by atoms with Crippen LogP contribution in [0.5, 0.6) is 0 Å². The molecule has 1 heterocycles. The molecule has 0 N–H and O–H groups in total. The summed E-state index contributed by atoms with van der Waals surface area (Å²) in [4.78, 5) is 11.1. The standard InChI is InChI=1S/C12H13Cl2NO3S/c13-9-5-10(14)7-12(6-9)19(17,18)15-4-2-1-3-11(15)8-16/h5-8,11H,1-4H2. The zero-order valence-electron chi connectivity index (χ0n) is 10.1. The van der Waals surface area contributed by atoms with Gasteiger partial charge in [-0.25, -0.2) is 8.42 Å². The lowest BCUT2D eigenvalue weighted by atomic mass is 10.1. The van der Waals surface area contributed by atoms with Crippen LogP contribution in [0.1, 0.15) is 19.3 Å². The third-order valence-electron chi connectivity index (χ3n) is 3.10. The number of halogens is 2. The first-order valence-corrected chi connectivity index (χ1v) is 8.08. The van der Waals surface area contributed by atoms with Crippen molar-refractivity contribution in [3.63, 3.8) is 0 Å². The highest BCUT2D eigenvalue weighted by Gasteiger charge is 2.33. The fourth-order valence-electron chi connectivity index (χ4n) is 2.18. The summed E-state index contributed by atoms with van der Waals surface area (Å²) in [5.74, 6) is 0. The normalized spacial score (nSPS) is 21.3. The highest BCUT2D eigenvalue weighted by Crippen LogP contribution is 2.28. The zero-order valence-corrected chi connectivity index (χ0v) is 12.4. The summed E-state index contributed by atoms with van der Waals surface area (Å²) < 4.78 is 26.2. The predicted molar refractivity (Wildman–Crippen MR) is 74.1 cm³/mol. The maximum atomic E-state index is 12.5. The minimum Gasteiger partial charge on any atom is -0.302 e. The van der Waals surface area contributed by atoms with Crippen LogP contribution in [0.25, 0.3) is 0 Å². The smallest absolute Gasteiger partial charge is 0.243 e. The summed E-state index contributed by atoms with van der Waals surface area (Å²) in [5, 5.41) is 0.511. The van der Waals surface area contributed by atoms with Gasteiger partial charge in [0.05, 0.1) is 10.9 Å². The van der Waals surface area contributed by atoms with Crippen LogP contribution in [0, 0.1) is 0 Å². The van der Waals surface area contributed by atoms with E-state index in [-0.39, 0.29) is 14.9 Å². The van der Waals surface area contributed by atoms with Crippen molar-refractivity contribution >= 4 is 39.5 Å². The summed E-state index contributed by atoms with van der Waals surface area (Å²) in [6, 6.07) is 3.56. The van der Waals surface area contributed by atoms with Crippen LogP contribution < -0.4 is 0 Å². The topological polar surface area (TPSA) is 54.5 Å². The third-order valence-corrected chi connectivity index (χ3v) is 5.44. The number of aldehydes is 1. The average Bonchev–Trinajstić information content (AvgIpc) is 2.37. The van der Waals surface area contributed by atoms with E-state index in [1.807, 2.05) is 0 Å². The number of carbonyl (C=O) groups is 1. The Labute approximate surface area is 122 Å². The maximum absolute atomic E-state index is 12.5. The number of sulfonamides is 1. The second-order valence-electron chi connectivity index (χ2n) is 4.42. The zero-order chi connectivity index (χ0) is 14.0. The van der Waals surface area contributed by atoms with Crippen LogP contribution in [0.3, 0.4) is 0 Å². The van der Waals surface area contributed by atoms with Crippen LogP contribution in [-0.4, -0.2) is 31.6 Å². The van der Waals surface area contributed by atoms with Gasteiger partial charge in [0.2, 0.25) is 10.0 Å². The monoisotopic (exact) mass is 321 g/mol. The summed E-state index contributed by atoms with van der Waals surface area (Å²) >= 11 is 11.7. The molecule has 1 aliphatic heterocycles. The maximum Gasteiger partial charge on any atom is 0.243 e. The molecule has 1 aromatic carbocycles. The van der Waals surface area contributed by atoms with Crippen molar-refractivity contribution in [3.8, 4) is 0 Å². The lowest BCUT2D eigenvalue weighted by molar-refractivity contribution is -0.111. The Morgan fingerprint density at radius 3 is 2.37 bits per heavy atom. The van der Waals surface area contributed by atoms with Gasteiger partial charge >= 0.3 is 0 Å². The molecule has 1 unspecified atom stereocenters. The molecule has 1 fully saturated rings. The van der Waals surface area contributed by atoms with Gasteiger partial charge in [-0.05, 0) is 31.0 Å². The summed E-state index contributed by atoms with van der Waals surface area (Å²) in [6.07, 6.45) is 2.84. The van der Waals surface area contributed by atoms with E-state index in [9.17, 15) is 13.2 Å². The molecule has 104 valence electrons. The lowest BCUT2D eigenvalue weighted by Gasteiger charge is -2.31. The molecule has 7 heteroatoms. The fraction of sp³-hybridized carbons (Fsp3) is 0.417. The Morgan fingerprint density at radius 2 is 1.79 bits per heavy atom. The van der Waals surface area contributed by atoms with E-state index in [0.29, 0.717) is 19.3 Å². The summed E-state index contributed by atoms with van der Waals surface area (Å²) in [7, 11) is -3.74. The van der Waals surface area contributed by atoms with Crippen LogP contribution in [0.15, 0.2) is 23.1 Å². The van der Waals surface area contributed by atoms with Gasteiger partial charge in [0.1, 0.15) is 6.29 Å². The first-order valence-electron chi connectivity index (χ1n) is 5.88. The van der Waals surface area contributed by atoms with Gasteiger partial charge in [-0.15, -0.1) is 0 Å². The second kappa shape index (κ2) is 5.79. The number of hydrogen-bond donors (Lipinski definition) is 0. The highest BCUT2D eigenvalue weighted by molar-refractivity contribution is 7.89. The van der Waals surface area contributed by atoms with Gasteiger partial charge < -0.3 is 4.79 Å². The van der Waals surface area contributed by atoms with Crippen molar-refractivity contribution < 1.29 is 13.2 Å². The first-order chi connectivity index (χ1) is 8.95. The molecule has 0 saturated carbocycles. The van der Waals surface area contributed by atoms with E-state index in [2.05, 4.69) is 0 Å². The molecule has 0 amide bonds. The SMILES string of the molecule is O=CC1CCCCN1S(=O)(=O)c1cc(Cl)cc(Cl)c1. The molecule has 2 rings (SSSR count). The van der Waals surface area contributed by atoms with Crippen molar-refractivity contribution in [1.29, 1.82) is 0 Å². The Hall–Kier alpha value is -0.620. The van der Waals surface area contributed by atoms with E-state index in [4.69, 9.17) is 23.2 Å². The second-order valence-corrected chi connectivity index (χ2v) is 7.18. The quantitative estimate of drug-likeness (QED) is 0.804. The Bertz CT molecular complexity index is 568. The fourth-order valence-corrected chi connectivity index (χ4v) is 4.54. The minimum atomic E-state index is -3.74. The van der Waals surface area contributed by atoms with E-state index in [0.717, 1.165) is 12.8 Å². The van der Waals surface area contributed by atoms with Crippen LogP contribution in [0.2, 0.25) is 10.0 Å². The van der Waals surface area contributed by atoms with E-state index < -0.39 is 16.1 Å². The number of piperidine rings is 1. The van der Waals surface area contributed by atoms with Crippen molar-refractivity contribution in [2.45, 2.75) is 30.2 Å². The van der Waals surface area contributed by atoms with E-state index >= 15 is 0 Å². The molecule has 0 spiro atoms. The minimum absolute atomic E-state index is 0.0266. The molecular formula is C12H13Cl2NO3S. The molecule has 0 aromatic heterocycles. The van der Waals surface area contributed by atoms with Gasteiger partial charge in [0.15, 0.2) is 0 Å². The lowest BCUT2D eigenvalue weighted by Crippen LogP contribution is -2.44. The molecule has 1 aromatic rings. The molecule has 1 saturated heterocycles. The van der Waals surface area contributed by atoms with Gasteiger partial charge in [-0.2, -0.15) is 4.31 Å². The average molecular weight is 322 g/mol. The molecule has 0 aliphatic carbocycles. The summed E-state index contributed by atoms with van der Waals surface area (Å²) in [5.41, 5.74) is 0. The molecule has 19 heavy (non-hydrogen) atoms. The highest BCUT2D eigenvalue weighted by atomic mass is 35.5. The number of carbonyl (C=O) groups excluding carboxylic acids is 1. The Morgan fingerprint density at radius 1 is 1.16 bits per heavy atom. The van der Waals surface area contributed by atoms with Gasteiger partial charge in [-0.3, -0.25) is 0 Å². The molecule has 0 radical (unpaired) electrons. The van der Waals surface area contributed by atoms with Crippen molar-refractivity contribution in [3.05, 3.63) is 28.2 Å². The van der Waals surface area contributed by atoms with E-state index in [1.54, 1.807) is 0 Å². The van der Waals surface area contributed by atoms with E-state index in [1.165, 1.54) is 22.5 Å². The molecular weight excluding hydrogens is 309 g/mol. The van der Waals surface area contributed by atoms with Crippen LogP contribution in [0.4, 0.5) is 0 Å². The molecule has 1 aliphatic rings. The van der Waals surface area contributed by atoms with Crippen LogP contribution >= 0.6 is 23.2 Å². The van der Waals surface area contributed by atoms with Gasteiger partial charge in [-0.1, -0.05) is 29.6 Å². The Kier molecular flexibility index (Phi) is 4.50. The third kappa shape index (κ3) is 3.11. The van der Waals surface area contributed by atoms with Crippen LogP contribution in [-0.2, 0) is 14.8 Å². The number of nitrogens with zero attached hydrogens (tertiary/aromatic N) is 1. The predicted octanol–water partition coefficient (Wildman–Crippen LogP) is 2.74. The van der Waals surface area contributed by atoms with Crippen molar-refractivity contribution in [2.75, 3.05) is 6.54 Å². The molecule has 4 nitrogen and oxygen atoms in total. The molecule has 0 bridgehead atoms. The Balaban J connectivity index is 2.43. The van der Waals surface area contributed by atoms with Gasteiger partial charge in [0.25, 0.3) is 0 Å². The largest absolute Gasteiger partial charge is 0.302 e. The summed E-state index contributed by atoms with van der Waals surface area (Å²) in [6.45, 7) is 0.343. The number of hydrogen-bond acceptors (Lipinski definition) is 3. The first kappa shape index (κ1) is 14.8. The molecule has 1 atom stereocenters. The van der Waals surface area contributed by atoms with Gasteiger partial charge in [0, 0.05) is 16.6 Å². The van der Waals surface area contributed by atoms with Crippen molar-refractivity contribution in [2.24, 2.45) is 0 Å².